The van der Waals surface area contributed by atoms with Crippen LogP contribution in [0.15, 0.2) is 36.0 Å². The number of rotatable bonds is 1. The van der Waals surface area contributed by atoms with Crippen molar-refractivity contribution in [2.45, 2.75) is 0 Å². The number of pyridine rings is 1. The third-order valence-electron chi connectivity index (χ3n) is 2.32. The molecule has 0 aliphatic heterocycles. The van der Waals surface area contributed by atoms with Crippen LogP contribution < -0.4 is 0 Å². The summed E-state index contributed by atoms with van der Waals surface area (Å²) in [6.07, 6.45) is 1.47. The summed E-state index contributed by atoms with van der Waals surface area (Å²) in [5, 5.41) is 15.1. The van der Waals surface area contributed by atoms with Crippen LogP contribution in [0.3, 0.4) is 0 Å². The molecule has 16 heavy (non-hydrogen) atoms. The van der Waals surface area contributed by atoms with Gasteiger partial charge in [0.15, 0.2) is 5.65 Å². The van der Waals surface area contributed by atoms with Crippen LogP contribution in [0.5, 0.6) is 0 Å². The molecule has 0 unspecified atom stereocenters. The maximum atomic E-state index is 8.95. The van der Waals surface area contributed by atoms with Gasteiger partial charge in [0.1, 0.15) is 12.4 Å². The van der Waals surface area contributed by atoms with E-state index in [1.807, 2.05) is 23.6 Å². The summed E-state index contributed by atoms with van der Waals surface area (Å²) >= 11 is 1.64. The predicted octanol–water partition coefficient (Wildman–Crippen LogP) is 2.33. The summed E-state index contributed by atoms with van der Waals surface area (Å²) < 4.78 is 1.70. The van der Waals surface area contributed by atoms with Crippen molar-refractivity contribution < 1.29 is 0 Å². The lowest BCUT2D eigenvalue weighted by Gasteiger charge is -2.01. The van der Waals surface area contributed by atoms with Crippen molar-refractivity contribution in [2.75, 3.05) is 0 Å². The van der Waals surface area contributed by atoms with Crippen LogP contribution in [0.4, 0.5) is 0 Å². The quantitative estimate of drug-likeness (QED) is 0.640. The summed E-state index contributed by atoms with van der Waals surface area (Å²) in [5.74, 6) is 0. The molecule has 3 aromatic heterocycles. The van der Waals surface area contributed by atoms with Crippen molar-refractivity contribution in [3.63, 3.8) is 0 Å². The second kappa shape index (κ2) is 3.43. The molecule has 4 nitrogen and oxygen atoms in total. The van der Waals surface area contributed by atoms with E-state index in [0.29, 0.717) is 11.2 Å². The van der Waals surface area contributed by atoms with Gasteiger partial charge in [-0.15, -0.1) is 11.3 Å². The van der Waals surface area contributed by atoms with E-state index < -0.39 is 0 Å². The summed E-state index contributed by atoms with van der Waals surface area (Å²) in [6, 6.07) is 9.79. The first-order valence-corrected chi connectivity index (χ1v) is 5.55. The molecule has 0 amide bonds. The van der Waals surface area contributed by atoms with Gasteiger partial charge in [-0.3, -0.25) is 0 Å². The molecule has 0 saturated heterocycles. The van der Waals surface area contributed by atoms with Gasteiger partial charge in [0, 0.05) is 0 Å². The number of fused-ring (bicyclic) bond motifs is 1. The lowest BCUT2D eigenvalue weighted by atomic mass is 10.2. The molecule has 0 spiro atoms. The van der Waals surface area contributed by atoms with Crippen molar-refractivity contribution in [3.05, 3.63) is 41.5 Å². The maximum Gasteiger partial charge on any atom is 0.173 e. The largest absolute Gasteiger partial charge is 0.214 e. The molecular formula is C11H6N4S. The average Bonchev–Trinajstić information content (AvgIpc) is 2.98. The number of hydrogen-bond donors (Lipinski definition) is 0. The van der Waals surface area contributed by atoms with E-state index in [-0.39, 0.29) is 0 Å². The molecule has 3 aromatic rings. The highest BCUT2D eigenvalue weighted by Gasteiger charge is 2.09. The van der Waals surface area contributed by atoms with Gasteiger partial charge >= 0.3 is 0 Å². The Bertz CT molecular complexity index is 676. The molecular weight excluding hydrogens is 220 g/mol. The molecule has 0 saturated carbocycles. The Morgan fingerprint density at radius 3 is 3.00 bits per heavy atom. The van der Waals surface area contributed by atoms with Crippen LogP contribution in [-0.4, -0.2) is 14.6 Å². The summed E-state index contributed by atoms with van der Waals surface area (Å²) in [6.45, 7) is 0. The first kappa shape index (κ1) is 9.07. The third-order valence-corrected chi connectivity index (χ3v) is 3.21. The van der Waals surface area contributed by atoms with Crippen molar-refractivity contribution in [1.29, 1.82) is 5.26 Å². The minimum atomic E-state index is 0.540. The first-order valence-electron chi connectivity index (χ1n) is 4.67. The van der Waals surface area contributed by atoms with Gasteiger partial charge in [-0.2, -0.15) is 10.4 Å². The molecule has 76 valence electrons. The van der Waals surface area contributed by atoms with Crippen LogP contribution >= 0.6 is 11.3 Å². The highest BCUT2D eigenvalue weighted by atomic mass is 32.1. The molecule has 3 rings (SSSR count). The second-order valence-electron chi connectivity index (χ2n) is 3.22. The van der Waals surface area contributed by atoms with Gasteiger partial charge in [0.05, 0.1) is 16.1 Å². The van der Waals surface area contributed by atoms with E-state index in [2.05, 4.69) is 16.2 Å². The lowest BCUT2D eigenvalue weighted by Crippen LogP contribution is -1.94. The van der Waals surface area contributed by atoms with Gasteiger partial charge in [-0.1, -0.05) is 6.07 Å². The molecule has 0 radical (unpaired) electrons. The lowest BCUT2D eigenvalue weighted by molar-refractivity contribution is 0.970. The zero-order chi connectivity index (χ0) is 11.0. The molecule has 0 aliphatic rings. The Balaban J connectivity index is 2.37. The molecule has 0 bridgehead atoms. The van der Waals surface area contributed by atoms with Crippen molar-refractivity contribution in [2.24, 2.45) is 0 Å². The Kier molecular flexibility index (Phi) is 1.95. The monoisotopic (exact) mass is 226 g/mol. The van der Waals surface area contributed by atoms with Crippen LogP contribution in [-0.2, 0) is 0 Å². The van der Waals surface area contributed by atoms with Crippen LogP contribution in [0.1, 0.15) is 5.56 Å². The zero-order valence-corrected chi connectivity index (χ0v) is 8.98. The third kappa shape index (κ3) is 1.21. The van der Waals surface area contributed by atoms with Crippen molar-refractivity contribution in [3.8, 4) is 16.6 Å². The fourth-order valence-electron chi connectivity index (χ4n) is 1.61. The maximum absolute atomic E-state index is 8.95. The van der Waals surface area contributed by atoms with E-state index in [0.717, 1.165) is 10.6 Å². The molecule has 5 heteroatoms. The Morgan fingerprint density at radius 1 is 1.31 bits per heavy atom. The van der Waals surface area contributed by atoms with Crippen LogP contribution in [0.25, 0.3) is 16.2 Å². The molecule has 0 N–H and O–H groups in total. The van der Waals surface area contributed by atoms with Gasteiger partial charge in [0.2, 0.25) is 0 Å². The topological polar surface area (TPSA) is 54.0 Å². The van der Waals surface area contributed by atoms with Crippen LogP contribution in [0.2, 0.25) is 0 Å². The van der Waals surface area contributed by atoms with E-state index >= 15 is 0 Å². The normalized spacial score (nSPS) is 10.4. The van der Waals surface area contributed by atoms with E-state index in [1.54, 1.807) is 21.9 Å². The fourth-order valence-corrected chi connectivity index (χ4v) is 2.34. The number of nitriles is 1. The molecule has 0 aliphatic carbocycles. The van der Waals surface area contributed by atoms with Gasteiger partial charge in [0.25, 0.3) is 0 Å². The van der Waals surface area contributed by atoms with Crippen molar-refractivity contribution in [1.82, 2.24) is 14.6 Å². The Hall–Kier alpha value is -2.19. The molecule has 0 fully saturated rings. The van der Waals surface area contributed by atoms with Gasteiger partial charge < -0.3 is 0 Å². The summed E-state index contributed by atoms with van der Waals surface area (Å²) in [5.41, 5.74) is 2.10. The zero-order valence-electron chi connectivity index (χ0n) is 8.16. The molecule has 0 aromatic carbocycles. The highest BCUT2D eigenvalue weighted by molar-refractivity contribution is 7.13. The number of hydrogen-bond acceptors (Lipinski definition) is 4. The van der Waals surface area contributed by atoms with Gasteiger partial charge in [-0.25, -0.2) is 9.50 Å². The minimum Gasteiger partial charge on any atom is -0.214 e. The highest BCUT2D eigenvalue weighted by Crippen LogP contribution is 2.25. The molecule has 3 heterocycles. The number of nitrogens with zero attached hydrogens (tertiary/aromatic N) is 4. The number of aromatic nitrogens is 3. The Labute approximate surface area is 95.4 Å². The smallest absolute Gasteiger partial charge is 0.173 e. The first-order chi connectivity index (χ1) is 7.90. The fraction of sp³-hybridized carbons (Fsp3) is 0. The van der Waals surface area contributed by atoms with E-state index in [9.17, 15) is 0 Å². The summed E-state index contributed by atoms with van der Waals surface area (Å²) in [7, 11) is 0. The van der Waals surface area contributed by atoms with Crippen molar-refractivity contribution >= 4 is 17.0 Å². The average molecular weight is 226 g/mol. The molecule has 0 atom stereocenters. The SMILES string of the molecule is N#Cc1ccc(-c2cccs2)n2ncnc12. The summed E-state index contributed by atoms with van der Waals surface area (Å²) in [4.78, 5) is 5.21. The minimum absolute atomic E-state index is 0.540. The second-order valence-corrected chi connectivity index (χ2v) is 4.16. The standard InChI is InChI=1S/C11H6N4S/c12-6-8-3-4-9(10-2-1-5-16-10)15-11(8)13-7-14-15/h1-5,7H. The number of thiophene rings is 1. The van der Waals surface area contributed by atoms with E-state index in [4.69, 9.17) is 5.26 Å². The predicted molar refractivity (Wildman–Crippen MR) is 61.0 cm³/mol. The van der Waals surface area contributed by atoms with Gasteiger partial charge in [-0.05, 0) is 23.6 Å². The van der Waals surface area contributed by atoms with E-state index in [1.165, 1.54) is 6.33 Å². The van der Waals surface area contributed by atoms with Crippen LogP contribution in [0, 0.1) is 11.3 Å². The Morgan fingerprint density at radius 2 is 2.25 bits per heavy atom.